The zero-order valence-electron chi connectivity index (χ0n) is 23.3. The SMILES string of the molecule is C#C/C(=C\C=C/C)c1ccc(-c2cccc(-c3cc(CCC)cc(-n4c5ccccc5c5ncccc54)n3)n2)cc1. The Labute approximate surface area is 240 Å². The lowest BCUT2D eigenvalue weighted by atomic mass is 10.0. The Morgan fingerprint density at radius 2 is 1.66 bits per heavy atom. The molecule has 198 valence electrons. The molecular weight excluding hydrogens is 500 g/mol. The van der Waals surface area contributed by atoms with Gasteiger partial charge in [-0.15, -0.1) is 6.42 Å². The van der Waals surface area contributed by atoms with Crippen LogP contribution in [-0.4, -0.2) is 19.5 Å². The van der Waals surface area contributed by atoms with Crippen molar-refractivity contribution in [3.8, 4) is 40.8 Å². The normalized spacial score (nSPS) is 11.9. The van der Waals surface area contributed by atoms with Crippen molar-refractivity contribution in [2.75, 3.05) is 0 Å². The molecule has 0 unspecified atom stereocenters. The number of hydrogen-bond acceptors (Lipinski definition) is 3. The fourth-order valence-corrected chi connectivity index (χ4v) is 5.26. The Morgan fingerprint density at radius 3 is 2.46 bits per heavy atom. The molecule has 0 aliphatic heterocycles. The second-order valence-corrected chi connectivity index (χ2v) is 9.93. The van der Waals surface area contributed by atoms with Crippen molar-refractivity contribution < 1.29 is 0 Å². The van der Waals surface area contributed by atoms with Crippen LogP contribution in [0.5, 0.6) is 0 Å². The second-order valence-electron chi connectivity index (χ2n) is 9.93. The number of hydrogen-bond donors (Lipinski definition) is 0. The largest absolute Gasteiger partial charge is 0.292 e. The summed E-state index contributed by atoms with van der Waals surface area (Å²) in [5.41, 5.74) is 9.78. The van der Waals surface area contributed by atoms with Crippen molar-refractivity contribution in [1.29, 1.82) is 0 Å². The lowest BCUT2D eigenvalue weighted by Gasteiger charge is -2.12. The minimum absolute atomic E-state index is 0.835. The van der Waals surface area contributed by atoms with E-state index in [0.717, 1.165) is 74.4 Å². The molecule has 4 nitrogen and oxygen atoms in total. The molecule has 4 aromatic heterocycles. The van der Waals surface area contributed by atoms with Crippen LogP contribution < -0.4 is 0 Å². The van der Waals surface area contributed by atoms with Crippen molar-refractivity contribution in [2.24, 2.45) is 0 Å². The molecule has 0 amide bonds. The van der Waals surface area contributed by atoms with Gasteiger partial charge in [0.1, 0.15) is 5.82 Å². The van der Waals surface area contributed by atoms with Crippen LogP contribution >= 0.6 is 0 Å². The molecule has 2 aromatic carbocycles. The summed E-state index contributed by atoms with van der Waals surface area (Å²) in [5, 5.41) is 1.12. The van der Waals surface area contributed by atoms with Gasteiger partial charge < -0.3 is 0 Å². The molecule has 0 bridgehead atoms. The summed E-state index contributed by atoms with van der Waals surface area (Å²) in [6, 6.07) is 31.2. The highest BCUT2D eigenvalue weighted by Gasteiger charge is 2.16. The van der Waals surface area contributed by atoms with Gasteiger partial charge >= 0.3 is 0 Å². The molecule has 6 rings (SSSR count). The summed E-state index contributed by atoms with van der Waals surface area (Å²) in [7, 11) is 0. The maximum Gasteiger partial charge on any atom is 0.138 e. The first-order valence-electron chi connectivity index (χ1n) is 13.9. The van der Waals surface area contributed by atoms with Gasteiger partial charge in [0.2, 0.25) is 0 Å². The quantitative estimate of drug-likeness (QED) is 0.153. The Morgan fingerprint density at radius 1 is 0.854 bits per heavy atom. The third-order valence-corrected chi connectivity index (χ3v) is 7.18. The van der Waals surface area contributed by atoms with E-state index in [4.69, 9.17) is 21.4 Å². The molecule has 0 fully saturated rings. The van der Waals surface area contributed by atoms with Gasteiger partial charge in [-0.3, -0.25) is 9.55 Å². The molecule has 0 atom stereocenters. The van der Waals surface area contributed by atoms with Gasteiger partial charge in [-0.1, -0.05) is 79.9 Å². The van der Waals surface area contributed by atoms with Crippen molar-refractivity contribution in [3.05, 3.63) is 127 Å². The Kier molecular flexibility index (Phi) is 7.26. The Hall–Kier alpha value is -5.27. The molecule has 0 radical (unpaired) electrons. The monoisotopic (exact) mass is 530 g/mol. The lowest BCUT2D eigenvalue weighted by molar-refractivity contribution is 0.912. The second kappa shape index (κ2) is 11.5. The summed E-state index contributed by atoms with van der Waals surface area (Å²) >= 11 is 0. The first kappa shape index (κ1) is 26.0. The third-order valence-electron chi connectivity index (χ3n) is 7.18. The maximum atomic E-state index is 5.74. The van der Waals surface area contributed by atoms with E-state index in [-0.39, 0.29) is 0 Å². The van der Waals surface area contributed by atoms with Crippen LogP contribution in [0.4, 0.5) is 0 Å². The van der Waals surface area contributed by atoms with Gasteiger partial charge in [0.25, 0.3) is 0 Å². The van der Waals surface area contributed by atoms with Crippen LogP contribution in [0.15, 0.2) is 115 Å². The molecule has 4 heteroatoms. The zero-order valence-corrected chi connectivity index (χ0v) is 23.3. The van der Waals surface area contributed by atoms with Gasteiger partial charge in [0.15, 0.2) is 0 Å². The van der Waals surface area contributed by atoms with Gasteiger partial charge in [-0.25, -0.2) is 9.97 Å². The van der Waals surface area contributed by atoms with E-state index < -0.39 is 0 Å². The minimum Gasteiger partial charge on any atom is -0.292 e. The number of benzene rings is 2. The zero-order chi connectivity index (χ0) is 28.2. The minimum atomic E-state index is 0.835. The van der Waals surface area contributed by atoms with Gasteiger partial charge in [-0.05, 0) is 73.0 Å². The molecule has 0 saturated heterocycles. The molecule has 6 aromatic rings. The van der Waals surface area contributed by atoms with Crippen LogP contribution in [0.2, 0.25) is 0 Å². The molecule has 0 N–H and O–H groups in total. The number of fused-ring (bicyclic) bond motifs is 3. The van der Waals surface area contributed by atoms with E-state index in [9.17, 15) is 0 Å². The number of allylic oxidation sites excluding steroid dienone is 4. The van der Waals surface area contributed by atoms with Crippen molar-refractivity contribution >= 4 is 27.5 Å². The van der Waals surface area contributed by atoms with E-state index in [1.807, 2.05) is 67.7 Å². The Bertz CT molecular complexity index is 1910. The summed E-state index contributed by atoms with van der Waals surface area (Å²) < 4.78 is 2.22. The van der Waals surface area contributed by atoms with E-state index >= 15 is 0 Å². The van der Waals surface area contributed by atoms with Crippen molar-refractivity contribution in [2.45, 2.75) is 26.7 Å². The average molecular weight is 531 g/mol. The van der Waals surface area contributed by atoms with Gasteiger partial charge in [0, 0.05) is 22.7 Å². The topological polar surface area (TPSA) is 43.6 Å². The van der Waals surface area contributed by atoms with Crippen LogP contribution in [0.1, 0.15) is 31.4 Å². The summed E-state index contributed by atoms with van der Waals surface area (Å²) in [4.78, 5) is 14.9. The number of nitrogens with zero attached hydrogens (tertiary/aromatic N) is 4. The van der Waals surface area contributed by atoms with Crippen molar-refractivity contribution in [1.82, 2.24) is 19.5 Å². The van der Waals surface area contributed by atoms with Crippen LogP contribution in [0.25, 0.3) is 56.0 Å². The Balaban J connectivity index is 1.45. The fourth-order valence-electron chi connectivity index (χ4n) is 5.26. The maximum absolute atomic E-state index is 5.74. The van der Waals surface area contributed by atoms with E-state index in [1.165, 1.54) is 5.56 Å². The predicted molar refractivity (Wildman–Crippen MR) is 171 cm³/mol. The van der Waals surface area contributed by atoms with Crippen LogP contribution in [0.3, 0.4) is 0 Å². The number of aromatic nitrogens is 4. The van der Waals surface area contributed by atoms with E-state index in [0.29, 0.717) is 0 Å². The fraction of sp³-hybridized carbons (Fsp3) is 0.108. The van der Waals surface area contributed by atoms with E-state index in [2.05, 4.69) is 72.0 Å². The third kappa shape index (κ3) is 5.06. The van der Waals surface area contributed by atoms with Crippen LogP contribution in [-0.2, 0) is 6.42 Å². The van der Waals surface area contributed by atoms with Crippen LogP contribution in [0, 0.1) is 12.3 Å². The molecule has 4 heterocycles. The molecule has 41 heavy (non-hydrogen) atoms. The van der Waals surface area contributed by atoms with E-state index in [1.54, 1.807) is 0 Å². The molecule has 0 saturated carbocycles. The summed E-state index contributed by atoms with van der Waals surface area (Å²) in [6.45, 7) is 4.17. The molecule has 0 aliphatic rings. The number of pyridine rings is 3. The van der Waals surface area contributed by atoms with Gasteiger partial charge in [0.05, 0.1) is 33.6 Å². The highest BCUT2D eigenvalue weighted by molar-refractivity contribution is 6.06. The number of rotatable bonds is 7. The standard InChI is InChI=1S/C37H30N4/c1-4-7-13-27(6-3)28-19-21-29(22-20-28)31-15-10-16-32(39-31)33-24-26(12-5-2)25-36(40-33)41-34-17-9-8-14-30(34)37-35(41)18-11-23-38-37/h3-4,7-11,13-25H,5,12H2,1-2H3/b7-4-,27-13+. The van der Waals surface area contributed by atoms with Gasteiger partial charge in [-0.2, -0.15) is 0 Å². The highest BCUT2D eigenvalue weighted by atomic mass is 15.1. The number of terminal acetylenes is 1. The summed E-state index contributed by atoms with van der Waals surface area (Å²) in [5.74, 6) is 3.65. The summed E-state index contributed by atoms with van der Waals surface area (Å²) in [6.07, 6.45) is 15.5. The predicted octanol–water partition coefficient (Wildman–Crippen LogP) is 8.85. The molecular formula is C37H30N4. The number of para-hydroxylation sites is 1. The first-order chi connectivity index (χ1) is 20.2. The highest BCUT2D eigenvalue weighted by Crippen LogP contribution is 2.32. The molecule has 0 aliphatic carbocycles. The smallest absolute Gasteiger partial charge is 0.138 e. The molecule has 0 spiro atoms. The average Bonchev–Trinajstić information content (AvgIpc) is 3.36. The first-order valence-corrected chi connectivity index (χ1v) is 13.9. The lowest BCUT2D eigenvalue weighted by Crippen LogP contribution is -2.02. The van der Waals surface area contributed by atoms with Crippen molar-refractivity contribution in [3.63, 3.8) is 0 Å². The number of aryl methyl sites for hydroxylation is 1.